The van der Waals surface area contributed by atoms with Crippen molar-refractivity contribution in [3.63, 3.8) is 0 Å². The van der Waals surface area contributed by atoms with Gasteiger partial charge >= 0.3 is 0 Å². The summed E-state index contributed by atoms with van der Waals surface area (Å²) < 4.78 is 26.0. The van der Waals surface area contributed by atoms with Crippen molar-refractivity contribution in [2.75, 3.05) is 7.05 Å². The van der Waals surface area contributed by atoms with E-state index in [0.717, 1.165) is 12.8 Å². The Morgan fingerprint density at radius 3 is 2.50 bits per heavy atom. The average Bonchev–Trinajstić information content (AvgIpc) is 2.71. The molecule has 2 rings (SSSR count). The maximum Gasteiger partial charge on any atom is 0.182 e. The lowest BCUT2D eigenvalue weighted by molar-refractivity contribution is 0.453. The Bertz CT molecular complexity index is 530. The van der Waals surface area contributed by atoms with E-state index in [-0.39, 0.29) is 11.2 Å². The standard InChI is InChI=1S/C13H18BrNO2S/c1-9-11(15-2)7-8-12(9)18(16,17)13-6-4-3-5-10(13)14/h3-6,9,11-12,15H,7-8H2,1-2H3. The highest BCUT2D eigenvalue weighted by molar-refractivity contribution is 9.10. The van der Waals surface area contributed by atoms with Crippen LogP contribution in [0.1, 0.15) is 19.8 Å². The highest BCUT2D eigenvalue weighted by Crippen LogP contribution is 2.36. The number of halogens is 1. The summed E-state index contributed by atoms with van der Waals surface area (Å²) in [6, 6.07) is 7.36. The summed E-state index contributed by atoms with van der Waals surface area (Å²) in [7, 11) is -1.35. The van der Waals surface area contributed by atoms with Crippen molar-refractivity contribution >= 4 is 25.8 Å². The third-order valence-corrected chi connectivity index (χ3v) is 7.28. The first kappa shape index (κ1) is 14.0. The van der Waals surface area contributed by atoms with Crippen LogP contribution in [0.2, 0.25) is 0 Å². The molecule has 0 spiro atoms. The van der Waals surface area contributed by atoms with Gasteiger partial charge in [-0.05, 0) is 53.9 Å². The van der Waals surface area contributed by atoms with Crippen molar-refractivity contribution in [3.8, 4) is 0 Å². The first-order valence-corrected chi connectivity index (χ1v) is 8.48. The lowest BCUT2D eigenvalue weighted by Crippen LogP contribution is -2.34. The lowest BCUT2D eigenvalue weighted by atomic mass is 10.1. The molecule has 1 aromatic carbocycles. The topological polar surface area (TPSA) is 46.2 Å². The van der Waals surface area contributed by atoms with Gasteiger partial charge < -0.3 is 5.32 Å². The Balaban J connectivity index is 2.36. The maximum atomic E-state index is 12.7. The first-order valence-electron chi connectivity index (χ1n) is 6.14. The second kappa shape index (κ2) is 5.31. The number of benzene rings is 1. The Kier molecular flexibility index (Phi) is 4.14. The van der Waals surface area contributed by atoms with E-state index < -0.39 is 9.84 Å². The molecule has 0 aliphatic heterocycles. The monoisotopic (exact) mass is 331 g/mol. The molecule has 0 amide bonds. The van der Waals surface area contributed by atoms with Gasteiger partial charge in [-0.15, -0.1) is 0 Å². The second-order valence-corrected chi connectivity index (χ2v) is 7.84. The highest BCUT2D eigenvalue weighted by atomic mass is 79.9. The third kappa shape index (κ3) is 2.36. The summed E-state index contributed by atoms with van der Waals surface area (Å²) in [4.78, 5) is 0.415. The Morgan fingerprint density at radius 1 is 1.28 bits per heavy atom. The fraction of sp³-hybridized carbons (Fsp3) is 0.538. The van der Waals surface area contributed by atoms with Crippen molar-refractivity contribution in [1.82, 2.24) is 5.32 Å². The van der Waals surface area contributed by atoms with Crippen LogP contribution in [0.25, 0.3) is 0 Å². The molecule has 3 unspecified atom stereocenters. The summed E-state index contributed by atoms with van der Waals surface area (Å²) >= 11 is 3.34. The molecule has 1 aromatic rings. The van der Waals surface area contributed by atoms with Gasteiger partial charge in [-0.3, -0.25) is 0 Å². The average molecular weight is 332 g/mol. The van der Waals surface area contributed by atoms with Crippen molar-refractivity contribution in [2.24, 2.45) is 5.92 Å². The molecular formula is C13H18BrNO2S. The van der Waals surface area contributed by atoms with E-state index in [1.165, 1.54) is 0 Å². The van der Waals surface area contributed by atoms with Crippen LogP contribution in [-0.4, -0.2) is 26.8 Å². The zero-order valence-electron chi connectivity index (χ0n) is 10.6. The van der Waals surface area contributed by atoms with E-state index in [4.69, 9.17) is 0 Å². The van der Waals surface area contributed by atoms with Crippen LogP contribution in [0, 0.1) is 5.92 Å². The van der Waals surface area contributed by atoms with Gasteiger partial charge in [-0.1, -0.05) is 19.1 Å². The van der Waals surface area contributed by atoms with Crippen LogP contribution >= 0.6 is 15.9 Å². The van der Waals surface area contributed by atoms with Gasteiger partial charge in [0.15, 0.2) is 9.84 Å². The van der Waals surface area contributed by atoms with Crippen LogP contribution in [0.4, 0.5) is 0 Å². The van der Waals surface area contributed by atoms with Crippen molar-refractivity contribution in [3.05, 3.63) is 28.7 Å². The smallest absolute Gasteiger partial charge is 0.182 e. The molecule has 1 aliphatic carbocycles. The minimum Gasteiger partial charge on any atom is -0.317 e. The fourth-order valence-electron chi connectivity index (χ4n) is 2.81. The Morgan fingerprint density at radius 2 is 1.94 bits per heavy atom. The van der Waals surface area contributed by atoms with Gasteiger partial charge in [0.1, 0.15) is 0 Å². The number of rotatable bonds is 3. The SMILES string of the molecule is CNC1CCC(S(=O)(=O)c2ccccc2Br)C1C. The molecule has 0 radical (unpaired) electrons. The van der Waals surface area contributed by atoms with Gasteiger partial charge in [0.2, 0.25) is 0 Å². The van der Waals surface area contributed by atoms with E-state index in [0.29, 0.717) is 15.4 Å². The number of hydrogen-bond donors (Lipinski definition) is 1. The normalized spacial score (nSPS) is 28.5. The molecule has 0 bridgehead atoms. The fourth-order valence-corrected chi connectivity index (χ4v) is 5.91. The molecule has 0 aromatic heterocycles. The number of sulfone groups is 1. The quantitative estimate of drug-likeness (QED) is 0.926. The van der Waals surface area contributed by atoms with E-state index in [9.17, 15) is 8.42 Å². The summed E-state index contributed by atoms with van der Waals surface area (Å²) in [5.74, 6) is 0.145. The van der Waals surface area contributed by atoms with Gasteiger partial charge in [0, 0.05) is 10.5 Å². The molecule has 1 N–H and O–H groups in total. The summed E-state index contributed by atoms with van der Waals surface area (Å²) in [6.45, 7) is 2.02. The molecule has 18 heavy (non-hydrogen) atoms. The van der Waals surface area contributed by atoms with Gasteiger partial charge in [-0.25, -0.2) is 8.42 Å². The maximum absolute atomic E-state index is 12.7. The second-order valence-electron chi connectivity index (χ2n) is 4.85. The molecule has 3 atom stereocenters. The van der Waals surface area contributed by atoms with Gasteiger partial charge in [0.05, 0.1) is 10.1 Å². The van der Waals surface area contributed by atoms with Crippen LogP contribution < -0.4 is 5.32 Å². The van der Waals surface area contributed by atoms with Crippen LogP contribution in [0.15, 0.2) is 33.6 Å². The largest absolute Gasteiger partial charge is 0.317 e. The molecule has 5 heteroatoms. The lowest BCUT2D eigenvalue weighted by Gasteiger charge is -2.21. The molecule has 1 fully saturated rings. The van der Waals surface area contributed by atoms with E-state index >= 15 is 0 Å². The zero-order chi connectivity index (χ0) is 13.3. The number of nitrogens with one attached hydrogen (secondary N) is 1. The molecule has 0 heterocycles. The summed E-state index contributed by atoms with van der Waals surface area (Å²) in [5.41, 5.74) is 0. The predicted molar refractivity (Wildman–Crippen MR) is 76.4 cm³/mol. The summed E-state index contributed by atoms with van der Waals surface area (Å²) in [5, 5.41) is 2.92. The Labute approximate surface area is 117 Å². The highest BCUT2D eigenvalue weighted by Gasteiger charge is 2.41. The van der Waals surface area contributed by atoms with Crippen molar-refractivity contribution < 1.29 is 8.42 Å². The molecule has 100 valence electrons. The number of hydrogen-bond acceptors (Lipinski definition) is 3. The van der Waals surface area contributed by atoms with Gasteiger partial charge in [-0.2, -0.15) is 0 Å². The van der Waals surface area contributed by atoms with Crippen LogP contribution in [-0.2, 0) is 9.84 Å². The molecule has 0 saturated heterocycles. The Hall–Kier alpha value is -0.390. The van der Waals surface area contributed by atoms with Gasteiger partial charge in [0.25, 0.3) is 0 Å². The predicted octanol–water partition coefficient (Wildman–Crippen LogP) is 2.61. The molecule has 1 aliphatic rings. The van der Waals surface area contributed by atoms with E-state index in [1.54, 1.807) is 18.2 Å². The molecular weight excluding hydrogens is 314 g/mol. The van der Waals surface area contributed by atoms with Crippen molar-refractivity contribution in [2.45, 2.75) is 36.0 Å². The van der Waals surface area contributed by atoms with Crippen molar-refractivity contribution in [1.29, 1.82) is 0 Å². The minimum absolute atomic E-state index is 0.145. The van der Waals surface area contributed by atoms with Crippen LogP contribution in [0.3, 0.4) is 0 Å². The van der Waals surface area contributed by atoms with E-state index in [1.807, 2.05) is 20.0 Å². The van der Waals surface area contributed by atoms with Crippen LogP contribution in [0.5, 0.6) is 0 Å². The van der Waals surface area contributed by atoms with E-state index in [2.05, 4.69) is 21.2 Å². The third-order valence-electron chi connectivity index (χ3n) is 3.90. The first-order chi connectivity index (χ1) is 8.48. The zero-order valence-corrected chi connectivity index (χ0v) is 13.0. The summed E-state index contributed by atoms with van der Waals surface area (Å²) in [6.07, 6.45) is 1.66. The minimum atomic E-state index is -3.25. The molecule has 1 saturated carbocycles. The molecule has 3 nitrogen and oxygen atoms in total.